The highest BCUT2D eigenvalue weighted by molar-refractivity contribution is 7.98. The molecule has 0 saturated heterocycles. The van der Waals surface area contributed by atoms with Crippen LogP contribution in [0.1, 0.15) is 11.1 Å². The average molecular weight is 214 g/mol. The monoisotopic (exact) mass is 214 g/mol. The van der Waals surface area contributed by atoms with Crippen molar-refractivity contribution in [3.8, 4) is 0 Å². The summed E-state index contributed by atoms with van der Waals surface area (Å²) in [7, 11) is 0. The van der Waals surface area contributed by atoms with Gasteiger partial charge in [-0.25, -0.2) is 0 Å². The normalized spacial score (nSPS) is 10.4. The fraction of sp³-hybridized carbons (Fsp3) is 0.333. The molecule has 0 amide bonds. The van der Waals surface area contributed by atoms with Gasteiger partial charge in [-0.3, -0.25) is 0 Å². The maximum atomic E-state index is 5.89. The van der Waals surface area contributed by atoms with Crippen LogP contribution in [0.2, 0.25) is 0 Å². The Hall–Kier alpha value is -0.480. The predicted molar refractivity (Wildman–Crippen MR) is 64.5 cm³/mol. The van der Waals surface area contributed by atoms with E-state index in [1.165, 1.54) is 0 Å². The number of thioether (sulfide) groups is 1. The number of thiol groups is 1. The number of nitrogens with two attached hydrogens (primary N) is 2. The molecule has 0 saturated carbocycles. The molecule has 1 aromatic rings. The van der Waals surface area contributed by atoms with Gasteiger partial charge in [-0.2, -0.15) is 12.6 Å². The third-order valence-electron chi connectivity index (χ3n) is 2.12. The molecule has 0 aliphatic carbocycles. The lowest BCUT2D eigenvalue weighted by molar-refractivity contribution is 1.29. The summed E-state index contributed by atoms with van der Waals surface area (Å²) in [6.07, 6.45) is 2.00. The van der Waals surface area contributed by atoms with Gasteiger partial charge >= 0.3 is 0 Å². The Morgan fingerprint density at radius 1 is 1.38 bits per heavy atom. The van der Waals surface area contributed by atoms with E-state index in [0.717, 1.165) is 27.4 Å². The lowest BCUT2D eigenvalue weighted by Gasteiger charge is -2.12. The molecule has 4 heteroatoms. The minimum absolute atomic E-state index is 0.653. The maximum absolute atomic E-state index is 5.89. The van der Waals surface area contributed by atoms with Crippen LogP contribution in [0.3, 0.4) is 0 Å². The number of hydrogen-bond acceptors (Lipinski definition) is 4. The van der Waals surface area contributed by atoms with Crippen molar-refractivity contribution in [2.45, 2.75) is 17.6 Å². The summed E-state index contributed by atoms with van der Waals surface area (Å²) in [5.74, 6) is 0.653. The first-order valence-electron chi connectivity index (χ1n) is 3.94. The van der Waals surface area contributed by atoms with Crippen LogP contribution in [0.5, 0.6) is 0 Å². The third kappa shape index (κ3) is 1.89. The van der Waals surface area contributed by atoms with Gasteiger partial charge in [0.15, 0.2) is 0 Å². The molecular weight excluding hydrogens is 200 g/mol. The molecule has 0 fully saturated rings. The summed E-state index contributed by atoms with van der Waals surface area (Å²) < 4.78 is 0. The van der Waals surface area contributed by atoms with E-state index in [0.29, 0.717) is 5.75 Å². The van der Waals surface area contributed by atoms with E-state index in [1.54, 1.807) is 11.8 Å². The Bertz CT molecular complexity index is 296. The summed E-state index contributed by atoms with van der Waals surface area (Å²) in [6.45, 7) is 1.94. The maximum Gasteiger partial charge on any atom is 0.0502 e. The van der Waals surface area contributed by atoms with Gasteiger partial charge in [0.1, 0.15) is 0 Å². The van der Waals surface area contributed by atoms with Crippen LogP contribution in [0, 0.1) is 6.92 Å². The smallest absolute Gasteiger partial charge is 0.0502 e. The molecule has 0 spiro atoms. The van der Waals surface area contributed by atoms with E-state index >= 15 is 0 Å². The topological polar surface area (TPSA) is 52.0 Å². The van der Waals surface area contributed by atoms with Crippen molar-refractivity contribution in [3.05, 3.63) is 17.2 Å². The fourth-order valence-electron chi connectivity index (χ4n) is 1.18. The molecule has 2 nitrogen and oxygen atoms in total. The molecule has 0 heterocycles. The zero-order valence-electron chi connectivity index (χ0n) is 7.79. The highest BCUT2D eigenvalue weighted by Gasteiger charge is 2.08. The molecule has 0 bridgehead atoms. The molecule has 13 heavy (non-hydrogen) atoms. The van der Waals surface area contributed by atoms with Crippen LogP contribution in [0.25, 0.3) is 0 Å². The first kappa shape index (κ1) is 10.6. The van der Waals surface area contributed by atoms with Gasteiger partial charge in [-0.05, 0) is 30.4 Å². The van der Waals surface area contributed by atoms with Crippen molar-refractivity contribution < 1.29 is 0 Å². The van der Waals surface area contributed by atoms with Crippen LogP contribution >= 0.6 is 24.4 Å². The molecular formula is C9H14N2S2. The highest BCUT2D eigenvalue weighted by Crippen LogP contribution is 2.33. The summed E-state index contributed by atoms with van der Waals surface area (Å²) in [4.78, 5) is 1.08. The molecule has 1 aromatic carbocycles. The second-order valence-electron chi connectivity index (χ2n) is 2.85. The van der Waals surface area contributed by atoms with Crippen molar-refractivity contribution >= 4 is 35.8 Å². The summed E-state index contributed by atoms with van der Waals surface area (Å²) in [5, 5.41) is 0. The van der Waals surface area contributed by atoms with Crippen molar-refractivity contribution in [2.24, 2.45) is 0 Å². The highest BCUT2D eigenvalue weighted by atomic mass is 32.2. The molecule has 0 aromatic heterocycles. The summed E-state index contributed by atoms with van der Waals surface area (Å²) in [6, 6.07) is 2.01. The van der Waals surface area contributed by atoms with Crippen molar-refractivity contribution in [2.75, 3.05) is 17.7 Å². The molecule has 0 radical (unpaired) electrons. The van der Waals surface area contributed by atoms with Crippen molar-refractivity contribution in [1.82, 2.24) is 0 Å². The summed E-state index contributed by atoms with van der Waals surface area (Å²) in [5.41, 5.74) is 15.4. The second-order valence-corrected chi connectivity index (χ2v) is 4.01. The Morgan fingerprint density at radius 3 is 2.46 bits per heavy atom. The zero-order valence-corrected chi connectivity index (χ0v) is 9.51. The number of rotatable bonds is 2. The van der Waals surface area contributed by atoms with Crippen LogP contribution in [-0.4, -0.2) is 6.26 Å². The minimum Gasteiger partial charge on any atom is -0.398 e. The first-order valence-corrected chi connectivity index (χ1v) is 5.79. The third-order valence-corrected chi connectivity index (χ3v) is 3.23. The van der Waals surface area contributed by atoms with Crippen LogP contribution in [0.15, 0.2) is 11.0 Å². The van der Waals surface area contributed by atoms with Crippen LogP contribution in [-0.2, 0) is 5.75 Å². The Kier molecular flexibility index (Phi) is 3.39. The second kappa shape index (κ2) is 4.15. The lowest BCUT2D eigenvalue weighted by atomic mass is 10.1. The van der Waals surface area contributed by atoms with Gasteiger partial charge in [0, 0.05) is 16.3 Å². The largest absolute Gasteiger partial charge is 0.398 e. The Balaban J connectivity index is 3.36. The van der Waals surface area contributed by atoms with Gasteiger partial charge in [-0.15, -0.1) is 11.8 Å². The first-order chi connectivity index (χ1) is 6.11. The van der Waals surface area contributed by atoms with E-state index in [9.17, 15) is 0 Å². The van der Waals surface area contributed by atoms with E-state index in [4.69, 9.17) is 11.5 Å². The van der Waals surface area contributed by atoms with E-state index in [-0.39, 0.29) is 0 Å². The van der Waals surface area contributed by atoms with E-state index in [2.05, 4.69) is 12.6 Å². The van der Waals surface area contributed by atoms with Crippen LogP contribution in [0.4, 0.5) is 11.4 Å². The van der Waals surface area contributed by atoms with E-state index in [1.807, 2.05) is 19.2 Å². The van der Waals surface area contributed by atoms with Crippen molar-refractivity contribution in [1.29, 1.82) is 0 Å². The molecule has 0 aliphatic heterocycles. The molecule has 4 N–H and O–H groups in total. The van der Waals surface area contributed by atoms with Crippen molar-refractivity contribution in [3.63, 3.8) is 0 Å². The summed E-state index contributed by atoms with van der Waals surface area (Å²) >= 11 is 5.85. The fourth-order valence-corrected chi connectivity index (χ4v) is 2.08. The van der Waals surface area contributed by atoms with Gasteiger partial charge < -0.3 is 11.5 Å². The number of hydrogen-bond donors (Lipinski definition) is 3. The minimum atomic E-state index is 0.653. The predicted octanol–water partition coefficient (Wildman–Crippen LogP) is 2.31. The SMILES string of the molecule is CSc1cc(CS)c(N)c(C)c1N. The number of anilines is 2. The number of nitrogen functional groups attached to an aromatic ring is 2. The average Bonchev–Trinajstić information content (AvgIpc) is 2.15. The Morgan fingerprint density at radius 2 is 2.00 bits per heavy atom. The standard InChI is InChI=1S/C9H14N2S2/c1-5-8(10)6(4-12)3-7(13-2)9(5)11/h3,12H,4,10-11H2,1-2H3. The molecule has 0 atom stereocenters. The van der Waals surface area contributed by atoms with E-state index < -0.39 is 0 Å². The lowest BCUT2D eigenvalue weighted by Crippen LogP contribution is -2.01. The molecule has 72 valence electrons. The van der Waals surface area contributed by atoms with Gasteiger partial charge in [0.25, 0.3) is 0 Å². The van der Waals surface area contributed by atoms with Gasteiger partial charge in [-0.1, -0.05) is 0 Å². The molecule has 0 unspecified atom stereocenters. The van der Waals surface area contributed by atoms with Gasteiger partial charge in [0.05, 0.1) is 5.69 Å². The quantitative estimate of drug-likeness (QED) is 0.402. The van der Waals surface area contributed by atoms with Crippen LogP contribution < -0.4 is 11.5 Å². The Labute approximate surface area is 88.5 Å². The molecule has 1 rings (SSSR count). The number of benzene rings is 1. The van der Waals surface area contributed by atoms with Gasteiger partial charge in [0.2, 0.25) is 0 Å². The molecule has 0 aliphatic rings. The zero-order chi connectivity index (χ0) is 10.0.